The van der Waals surface area contributed by atoms with Crippen LogP contribution in [0, 0.1) is 27.7 Å². The molecule has 6 nitrogen and oxygen atoms in total. The van der Waals surface area contributed by atoms with E-state index in [1.807, 2.05) is 26.8 Å². The lowest BCUT2D eigenvalue weighted by Crippen LogP contribution is -2.23. The summed E-state index contributed by atoms with van der Waals surface area (Å²) in [5.41, 5.74) is 4.08. The average Bonchev–Trinajstić information content (AvgIpc) is 2.62. The zero-order valence-electron chi connectivity index (χ0n) is 16.8. The van der Waals surface area contributed by atoms with E-state index in [-0.39, 0.29) is 22.8 Å². The quantitative estimate of drug-likeness (QED) is 0.566. The van der Waals surface area contributed by atoms with E-state index in [0.717, 1.165) is 16.7 Å². The van der Waals surface area contributed by atoms with Crippen LogP contribution < -0.4 is 4.72 Å². The van der Waals surface area contributed by atoms with Gasteiger partial charge >= 0.3 is 5.97 Å². The van der Waals surface area contributed by atoms with E-state index in [1.165, 1.54) is 18.2 Å². The summed E-state index contributed by atoms with van der Waals surface area (Å²) < 4.78 is 31.8. The summed E-state index contributed by atoms with van der Waals surface area (Å²) in [5, 5.41) is 0. The largest absolute Gasteiger partial charge is 0.454 e. The van der Waals surface area contributed by atoms with Crippen LogP contribution in [0.1, 0.15) is 49.9 Å². The summed E-state index contributed by atoms with van der Waals surface area (Å²) in [5.74, 6) is -1.04. The fourth-order valence-electron chi connectivity index (χ4n) is 2.81. The van der Waals surface area contributed by atoms with E-state index in [1.54, 1.807) is 19.9 Å². The Morgan fingerprint density at radius 3 is 2.18 bits per heavy atom. The van der Waals surface area contributed by atoms with Crippen molar-refractivity contribution in [3.63, 3.8) is 0 Å². The van der Waals surface area contributed by atoms with Gasteiger partial charge in [0.1, 0.15) is 0 Å². The van der Waals surface area contributed by atoms with Gasteiger partial charge in [-0.1, -0.05) is 19.1 Å². The van der Waals surface area contributed by atoms with E-state index in [9.17, 15) is 18.0 Å². The van der Waals surface area contributed by atoms with Gasteiger partial charge in [0.05, 0.1) is 10.5 Å². The fourth-order valence-corrected chi connectivity index (χ4v) is 3.88. The molecular formula is C21H25NO5S. The number of esters is 1. The van der Waals surface area contributed by atoms with Gasteiger partial charge < -0.3 is 4.74 Å². The number of hydrogen-bond acceptors (Lipinski definition) is 5. The molecule has 28 heavy (non-hydrogen) atoms. The standard InChI is InChI=1S/C21H25NO5S/c1-6-22-28(25,26)17-8-7-13(2)19(11-17)21(24)27-12-20(23)18-10-15(4)14(3)9-16(18)5/h7-11,22H,6,12H2,1-5H3. The predicted molar refractivity (Wildman–Crippen MR) is 107 cm³/mol. The molecule has 2 rings (SSSR count). The minimum Gasteiger partial charge on any atom is -0.454 e. The lowest BCUT2D eigenvalue weighted by molar-refractivity contribution is 0.0473. The second-order valence-corrected chi connectivity index (χ2v) is 8.50. The third-order valence-electron chi connectivity index (χ3n) is 4.55. The molecular weight excluding hydrogens is 378 g/mol. The van der Waals surface area contributed by atoms with Crippen LogP contribution in [0.5, 0.6) is 0 Å². The number of carbonyl (C=O) groups is 2. The maximum Gasteiger partial charge on any atom is 0.338 e. The van der Waals surface area contributed by atoms with Gasteiger partial charge in [-0.05, 0) is 68.1 Å². The Kier molecular flexibility index (Phi) is 6.74. The fraction of sp³-hybridized carbons (Fsp3) is 0.333. The van der Waals surface area contributed by atoms with Crippen molar-refractivity contribution in [1.29, 1.82) is 0 Å². The first-order valence-electron chi connectivity index (χ1n) is 8.95. The molecule has 0 bridgehead atoms. The van der Waals surface area contributed by atoms with Crippen molar-refractivity contribution in [2.75, 3.05) is 13.2 Å². The Labute approximate surface area is 166 Å². The lowest BCUT2D eigenvalue weighted by atomic mass is 9.98. The van der Waals surface area contributed by atoms with Crippen LogP contribution in [0.15, 0.2) is 35.2 Å². The first-order chi connectivity index (χ1) is 13.1. The third-order valence-corrected chi connectivity index (χ3v) is 6.09. The van der Waals surface area contributed by atoms with Crippen molar-refractivity contribution >= 4 is 21.8 Å². The number of Topliss-reactive ketones (excluding diaryl/α,β-unsaturated/α-hetero) is 1. The van der Waals surface area contributed by atoms with Crippen molar-refractivity contribution in [2.45, 2.75) is 39.5 Å². The normalized spacial score (nSPS) is 11.3. The number of benzene rings is 2. The van der Waals surface area contributed by atoms with Crippen LogP contribution in [0.4, 0.5) is 0 Å². The van der Waals surface area contributed by atoms with Gasteiger partial charge in [0.25, 0.3) is 0 Å². The maximum absolute atomic E-state index is 12.5. The highest BCUT2D eigenvalue weighted by molar-refractivity contribution is 7.89. The Balaban J connectivity index is 2.19. The maximum atomic E-state index is 12.5. The van der Waals surface area contributed by atoms with E-state index >= 15 is 0 Å². The average molecular weight is 404 g/mol. The summed E-state index contributed by atoms with van der Waals surface area (Å²) in [4.78, 5) is 24.9. The molecule has 0 aliphatic rings. The van der Waals surface area contributed by atoms with Gasteiger partial charge in [-0.25, -0.2) is 17.9 Å². The van der Waals surface area contributed by atoms with Crippen molar-refractivity contribution in [3.05, 3.63) is 63.7 Å². The number of nitrogens with one attached hydrogen (secondary N) is 1. The van der Waals surface area contributed by atoms with E-state index in [0.29, 0.717) is 11.1 Å². The molecule has 2 aromatic carbocycles. The molecule has 0 amide bonds. The monoisotopic (exact) mass is 403 g/mol. The number of aryl methyl sites for hydroxylation is 4. The van der Waals surface area contributed by atoms with Gasteiger partial charge in [-0.15, -0.1) is 0 Å². The summed E-state index contributed by atoms with van der Waals surface area (Å²) >= 11 is 0. The highest BCUT2D eigenvalue weighted by atomic mass is 32.2. The summed E-state index contributed by atoms with van der Waals surface area (Å²) in [6.45, 7) is 8.88. The van der Waals surface area contributed by atoms with Crippen LogP contribution in [-0.4, -0.2) is 33.3 Å². The predicted octanol–water partition coefficient (Wildman–Crippen LogP) is 3.26. The molecule has 0 saturated heterocycles. The molecule has 2 aromatic rings. The van der Waals surface area contributed by atoms with Gasteiger partial charge in [0.2, 0.25) is 15.8 Å². The number of carbonyl (C=O) groups excluding carboxylic acids is 2. The van der Waals surface area contributed by atoms with Crippen LogP contribution in [-0.2, 0) is 14.8 Å². The first kappa shape index (κ1) is 21.8. The first-order valence-corrected chi connectivity index (χ1v) is 10.4. The second kappa shape index (κ2) is 8.67. The molecule has 0 spiro atoms. The Morgan fingerprint density at radius 1 is 0.893 bits per heavy atom. The molecule has 0 aliphatic carbocycles. The molecule has 0 fully saturated rings. The molecule has 0 atom stereocenters. The SMILES string of the molecule is CCNS(=O)(=O)c1ccc(C)c(C(=O)OCC(=O)c2cc(C)c(C)cc2C)c1. The topological polar surface area (TPSA) is 89.5 Å². The van der Waals surface area contributed by atoms with Gasteiger partial charge in [0, 0.05) is 12.1 Å². The molecule has 0 aromatic heterocycles. The number of sulfonamides is 1. The smallest absolute Gasteiger partial charge is 0.338 e. The van der Waals surface area contributed by atoms with Crippen LogP contribution >= 0.6 is 0 Å². The number of hydrogen-bond donors (Lipinski definition) is 1. The second-order valence-electron chi connectivity index (χ2n) is 6.73. The van der Waals surface area contributed by atoms with E-state index < -0.39 is 22.6 Å². The number of ketones is 1. The van der Waals surface area contributed by atoms with Crippen molar-refractivity contribution in [2.24, 2.45) is 0 Å². The number of rotatable bonds is 7. The summed E-state index contributed by atoms with van der Waals surface area (Å²) in [6, 6.07) is 7.94. The van der Waals surface area contributed by atoms with Crippen molar-refractivity contribution < 1.29 is 22.7 Å². The van der Waals surface area contributed by atoms with Gasteiger partial charge in [-0.3, -0.25) is 4.79 Å². The van der Waals surface area contributed by atoms with Crippen LogP contribution in [0.3, 0.4) is 0 Å². The lowest BCUT2D eigenvalue weighted by Gasteiger charge is -2.11. The number of ether oxygens (including phenoxy) is 1. The van der Waals surface area contributed by atoms with E-state index in [2.05, 4.69) is 4.72 Å². The Morgan fingerprint density at radius 2 is 1.54 bits per heavy atom. The summed E-state index contributed by atoms with van der Waals surface area (Å²) in [7, 11) is -3.70. The summed E-state index contributed by atoms with van der Waals surface area (Å²) in [6.07, 6.45) is 0. The highest BCUT2D eigenvalue weighted by Crippen LogP contribution is 2.18. The Hall–Kier alpha value is -2.51. The Bertz CT molecular complexity index is 1030. The molecule has 0 radical (unpaired) electrons. The molecule has 1 N–H and O–H groups in total. The van der Waals surface area contributed by atoms with Crippen LogP contribution in [0.25, 0.3) is 0 Å². The molecule has 7 heteroatoms. The van der Waals surface area contributed by atoms with Gasteiger partial charge in [-0.2, -0.15) is 0 Å². The van der Waals surface area contributed by atoms with Crippen molar-refractivity contribution in [1.82, 2.24) is 4.72 Å². The molecule has 150 valence electrons. The molecule has 0 heterocycles. The van der Waals surface area contributed by atoms with Gasteiger partial charge in [0.15, 0.2) is 6.61 Å². The van der Waals surface area contributed by atoms with Crippen molar-refractivity contribution in [3.8, 4) is 0 Å². The minimum absolute atomic E-state index is 0.0248. The molecule has 0 aliphatic heterocycles. The van der Waals surface area contributed by atoms with E-state index in [4.69, 9.17) is 4.74 Å². The van der Waals surface area contributed by atoms with Crippen LogP contribution in [0.2, 0.25) is 0 Å². The zero-order chi connectivity index (χ0) is 21.1. The highest BCUT2D eigenvalue weighted by Gasteiger charge is 2.19. The minimum atomic E-state index is -3.70. The molecule has 0 saturated carbocycles. The molecule has 0 unspecified atom stereocenters. The third kappa shape index (κ3) is 4.85. The zero-order valence-corrected chi connectivity index (χ0v) is 17.6.